The van der Waals surface area contributed by atoms with Crippen LogP contribution in [0.2, 0.25) is 0 Å². The molecule has 0 aromatic heterocycles. The molecule has 1 spiro atoms. The Kier molecular flexibility index (Phi) is 4.12. The first-order valence-corrected chi connectivity index (χ1v) is 8.92. The van der Waals surface area contributed by atoms with Crippen LogP contribution in [-0.4, -0.2) is 49.8 Å². The molecule has 0 aliphatic carbocycles. The van der Waals surface area contributed by atoms with Crippen molar-refractivity contribution in [3.63, 3.8) is 0 Å². The summed E-state index contributed by atoms with van der Waals surface area (Å²) in [5.74, 6) is 1.66. The van der Waals surface area contributed by atoms with Crippen molar-refractivity contribution in [2.24, 2.45) is 5.92 Å². The number of ether oxygens (including phenoxy) is 3. The van der Waals surface area contributed by atoms with Crippen LogP contribution in [0.15, 0.2) is 18.2 Å². The summed E-state index contributed by atoms with van der Waals surface area (Å²) in [6, 6.07) is 5.87. The van der Waals surface area contributed by atoms with Crippen LogP contribution in [0.4, 0.5) is 0 Å². The van der Waals surface area contributed by atoms with Crippen molar-refractivity contribution in [1.82, 2.24) is 4.90 Å². The number of fused-ring (bicyclic) bond motifs is 1. The number of likely N-dealkylation sites (tertiary alicyclic amines) is 1. The summed E-state index contributed by atoms with van der Waals surface area (Å²) < 4.78 is 17.2. The average molecular weight is 331 g/mol. The Morgan fingerprint density at radius 1 is 1.29 bits per heavy atom. The van der Waals surface area contributed by atoms with Gasteiger partial charge in [0.05, 0.1) is 18.6 Å². The molecule has 1 aromatic rings. The molecule has 0 bridgehead atoms. The van der Waals surface area contributed by atoms with Crippen LogP contribution in [0, 0.1) is 5.92 Å². The Hall–Kier alpha value is -1.75. The van der Waals surface area contributed by atoms with Gasteiger partial charge in [0.1, 0.15) is 6.61 Å². The second kappa shape index (κ2) is 6.28. The minimum Gasteiger partial charge on any atom is -0.493 e. The zero-order valence-corrected chi connectivity index (χ0v) is 14.3. The van der Waals surface area contributed by atoms with Crippen LogP contribution in [0.1, 0.15) is 31.2 Å². The average Bonchev–Trinajstić information content (AvgIpc) is 3.08. The lowest BCUT2D eigenvalue weighted by atomic mass is 9.87. The zero-order chi connectivity index (χ0) is 16.6. The van der Waals surface area contributed by atoms with E-state index in [-0.39, 0.29) is 17.4 Å². The van der Waals surface area contributed by atoms with Crippen molar-refractivity contribution in [2.75, 3.05) is 33.4 Å². The summed E-state index contributed by atoms with van der Waals surface area (Å²) in [5.41, 5.74) is 1.12. The fourth-order valence-corrected chi connectivity index (χ4v) is 4.26. The molecule has 1 aromatic carbocycles. The number of methoxy groups -OCH3 is 1. The predicted octanol–water partition coefficient (Wildman–Crippen LogP) is 2.42. The van der Waals surface area contributed by atoms with Crippen LogP contribution in [-0.2, 0) is 16.0 Å². The van der Waals surface area contributed by atoms with Gasteiger partial charge in [-0.25, -0.2) is 0 Å². The van der Waals surface area contributed by atoms with E-state index in [0.29, 0.717) is 6.61 Å². The molecule has 2 fully saturated rings. The van der Waals surface area contributed by atoms with Crippen molar-refractivity contribution in [1.29, 1.82) is 0 Å². The van der Waals surface area contributed by atoms with Gasteiger partial charge in [-0.3, -0.25) is 4.79 Å². The molecule has 5 nitrogen and oxygen atoms in total. The molecule has 3 aliphatic heterocycles. The largest absolute Gasteiger partial charge is 0.493 e. The predicted molar refractivity (Wildman–Crippen MR) is 89.4 cm³/mol. The second-order valence-corrected chi connectivity index (χ2v) is 7.12. The topological polar surface area (TPSA) is 48.0 Å². The van der Waals surface area contributed by atoms with Crippen molar-refractivity contribution in [3.8, 4) is 11.5 Å². The molecule has 0 saturated carbocycles. The number of piperidine rings is 1. The lowest BCUT2D eigenvalue weighted by Gasteiger charge is -2.40. The molecular formula is C19H25NO4. The number of rotatable bonds is 2. The Labute approximate surface area is 142 Å². The summed E-state index contributed by atoms with van der Waals surface area (Å²) in [6.45, 7) is 2.92. The number of nitrogens with zero attached hydrogens (tertiary/aromatic N) is 1. The van der Waals surface area contributed by atoms with E-state index in [4.69, 9.17) is 14.2 Å². The number of hydrogen-bond donors (Lipinski definition) is 0. The number of para-hydroxylation sites is 1. The maximum Gasteiger partial charge on any atom is 0.229 e. The number of carbonyl (C=O) groups is 1. The van der Waals surface area contributed by atoms with E-state index >= 15 is 0 Å². The molecule has 1 amide bonds. The molecule has 0 N–H and O–H groups in total. The Balaban J connectivity index is 1.41. The zero-order valence-electron chi connectivity index (χ0n) is 14.3. The number of hydrogen-bond acceptors (Lipinski definition) is 4. The van der Waals surface area contributed by atoms with Gasteiger partial charge in [0, 0.05) is 19.7 Å². The van der Waals surface area contributed by atoms with Crippen LogP contribution in [0.5, 0.6) is 11.5 Å². The molecule has 3 heterocycles. The normalized spacial score (nSPS) is 25.2. The van der Waals surface area contributed by atoms with Crippen LogP contribution in [0.3, 0.4) is 0 Å². The van der Waals surface area contributed by atoms with Gasteiger partial charge in [0.25, 0.3) is 0 Å². The van der Waals surface area contributed by atoms with Crippen LogP contribution in [0.25, 0.3) is 0 Å². The molecule has 1 atom stereocenters. The maximum absolute atomic E-state index is 12.9. The molecule has 24 heavy (non-hydrogen) atoms. The smallest absolute Gasteiger partial charge is 0.229 e. The highest BCUT2D eigenvalue weighted by Gasteiger charge is 2.41. The van der Waals surface area contributed by atoms with Gasteiger partial charge in [-0.1, -0.05) is 12.1 Å². The highest BCUT2D eigenvalue weighted by molar-refractivity contribution is 5.80. The maximum atomic E-state index is 12.9. The minimum absolute atomic E-state index is 0.0554. The minimum atomic E-state index is -0.0943. The lowest BCUT2D eigenvalue weighted by molar-refractivity contribution is -0.141. The Bertz CT molecular complexity index is 614. The van der Waals surface area contributed by atoms with Gasteiger partial charge < -0.3 is 19.1 Å². The summed E-state index contributed by atoms with van der Waals surface area (Å²) in [6.07, 6.45) is 4.97. The fraction of sp³-hybridized carbons (Fsp3) is 0.632. The first-order chi connectivity index (χ1) is 11.7. The summed E-state index contributed by atoms with van der Waals surface area (Å²) in [7, 11) is 1.64. The van der Waals surface area contributed by atoms with E-state index in [1.807, 2.05) is 23.1 Å². The number of carbonyl (C=O) groups excluding carboxylic acids is 1. The molecule has 5 heteroatoms. The summed E-state index contributed by atoms with van der Waals surface area (Å²) in [4.78, 5) is 14.9. The quantitative estimate of drug-likeness (QED) is 0.835. The summed E-state index contributed by atoms with van der Waals surface area (Å²) in [5, 5.41) is 0. The molecule has 3 aliphatic rings. The second-order valence-electron chi connectivity index (χ2n) is 7.12. The van der Waals surface area contributed by atoms with Gasteiger partial charge >= 0.3 is 0 Å². The van der Waals surface area contributed by atoms with E-state index in [2.05, 4.69) is 0 Å². The Morgan fingerprint density at radius 2 is 2.12 bits per heavy atom. The SMILES string of the molecule is COc1cccc2c1OCC(C(=O)N1CCC3(CCCO3)CC1)C2. The first-order valence-electron chi connectivity index (χ1n) is 8.92. The Morgan fingerprint density at radius 3 is 2.83 bits per heavy atom. The van der Waals surface area contributed by atoms with E-state index in [0.717, 1.165) is 68.9 Å². The van der Waals surface area contributed by atoms with Gasteiger partial charge in [-0.2, -0.15) is 0 Å². The van der Waals surface area contributed by atoms with E-state index in [1.54, 1.807) is 7.11 Å². The van der Waals surface area contributed by atoms with Gasteiger partial charge in [-0.15, -0.1) is 0 Å². The number of amides is 1. The molecule has 2 saturated heterocycles. The van der Waals surface area contributed by atoms with Gasteiger partial charge in [-0.05, 0) is 43.7 Å². The van der Waals surface area contributed by atoms with E-state index < -0.39 is 0 Å². The van der Waals surface area contributed by atoms with Crippen molar-refractivity contribution in [2.45, 2.75) is 37.7 Å². The molecule has 4 rings (SSSR count). The molecule has 0 radical (unpaired) electrons. The van der Waals surface area contributed by atoms with Crippen molar-refractivity contribution < 1.29 is 19.0 Å². The highest BCUT2D eigenvalue weighted by Crippen LogP contribution is 2.38. The molecule has 1 unspecified atom stereocenters. The molecule has 130 valence electrons. The fourth-order valence-electron chi connectivity index (χ4n) is 4.26. The third-order valence-electron chi connectivity index (χ3n) is 5.70. The first kappa shape index (κ1) is 15.8. The standard InChI is InChI=1S/C19H25NO4/c1-22-16-5-2-4-14-12-15(13-23-17(14)16)18(21)20-9-7-19(8-10-20)6-3-11-24-19/h2,4-5,15H,3,6-13H2,1H3. The highest BCUT2D eigenvalue weighted by atomic mass is 16.5. The monoisotopic (exact) mass is 331 g/mol. The van der Waals surface area contributed by atoms with E-state index in [1.165, 1.54) is 0 Å². The van der Waals surface area contributed by atoms with Crippen molar-refractivity contribution >= 4 is 5.91 Å². The van der Waals surface area contributed by atoms with Gasteiger partial charge in [0.2, 0.25) is 5.91 Å². The van der Waals surface area contributed by atoms with Crippen LogP contribution < -0.4 is 9.47 Å². The van der Waals surface area contributed by atoms with E-state index in [9.17, 15) is 4.79 Å². The summed E-state index contributed by atoms with van der Waals surface area (Å²) >= 11 is 0. The molecular weight excluding hydrogens is 306 g/mol. The van der Waals surface area contributed by atoms with Crippen molar-refractivity contribution in [3.05, 3.63) is 23.8 Å². The van der Waals surface area contributed by atoms with Crippen LogP contribution >= 0.6 is 0 Å². The third-order valence-corrected chi connectivity index (χ3v) is 5.70. The lowest BCUT2D eigenvalue weighted by Crippen LogP contribution is -2.49. The van der Waals surface area contributed by atoms with Gasteiger partial charge in [0.15, 0.2) is 11.5 Å². The third kappa shape index (κ3) is 2.75. The number of benzene rings is 1.